The molecule has 1 aliphatic rings. The molecular formula is C25H22Cl2N3O3+. The van der Waals surface area contributed by atoms with E-state index in [4.69, 9.17) is 27.9 Å². The molecule has 0 spiro atoms. The number of rotatable bonds is 5. The van der Waals surface area contributed by atoms with Gasteiger partial charge in [0.05, 0.1) is 17.7 Å². The third-order valence-corrected chi connectivity index (χ3v) is 6.00. The van der Waals surface area contributed by atoms with Crippen LogP contribution in [0, 0.1) is 6.92 Å². The van der Waals surface area contributed by atoms with E-state index in [9.17, 15) is 9.59 Å². The van der Waals surface area contributed by atoms with Crippen LogP contribution in [0.25, 0.3) is 0 Å². The third kappa shape index (κ3) is 5.02. The van der Waals surface area contributed by atoms with Gasteiger partial charge in [-0.15, -0.1) is 10.1 Å². The molecule has 0 unspecified atom stereocenters. The van der Waals surface area contributed by atoms with Crippen molar-refractivity contribution >= 4 is 41.2 Å². The largest absolute Gasteiger partial charge is 0.497 e. The summed E-state index contributed by atoms with van der Waals surface area (Å²) >= 11 is 12.4. The van der Waals surface area contributed by atoms with Crippen molar-refractivity contribution in [3.63, 3.8) is 0 Å². The first kappa shape index (κ1) is 22.8. The van der Waals surface area contributed by atoms with Crippen LogP contribution in [-0.2, 0) is 4.79 Å². The van der Waals surface area contributed by atoms with Gasteiger partial charge >= 0.3 is 5.91 Å². The fraction of sp³-hybridized carbons (Fsp3) is 0.160. The van der Waals surface area contributed by atoms with Crippen molar-refractivity contribution in [3.8, 4) is 5.75 Å². The van der Waals surface area contributed by atoms with Crippen molar-refractivity contribution in [1.82, 2.24) is 10.7 Å². The first-order valence-electron chi connectivity index (χ1n) is 10.3. The first-order chi connectivity index (χ1) is 15.9. The highest BCUT2D eigenvalue weighted by Gasteiger charge is 2.47. The Labute approximate surface area is 201 Å². The van der Waals surface area contributed by atoms with Gasteiger partial charge in [0, 0.05) is 16.1 Å². The van der Waals surface area contributed by atoms with Crippen LogP contribution in [0.1, 0.15) is 33.1 Å². The minimum Gasteiger partial charge on any atom is -0.497 e. The van der Waals surface area contributed by atoms with Gasteiger partial charge in [0.1, 0.15) is 5.75 Å². The van der Waals surface area contributed by atoms with Crippen LogP contribution in [0.5, 0.6) is 5.75 Å². The number of aryl methyl sites for hydroxylation is 1. The number of carbonyl (C=O) groups excluding carboxylic acids is 2. The van der Waals surface area contributed by atoms with Gasteiger partial charge in [-0.05, 0) is 49.4 Å². The van der Waals surface area contributed by atoms with Crippen LogP contribution >= 0.6 is 23.2 Å². The van der Waals surface area contributed by atoms with Crippen molar-refractivity contribution in [2.45, 2.75) is 19.0 Å². The normalized spacial score (nSPS) is 18.8. The number of methoxy groups -OCH3 is 1. The van der Waals surface area contributed by atoms with E-state index in [0.29, 0.717) is 26.9 Å². The molecule has 6 nitrogen and oxygen atoms in total. The Balaban J connectivity index is 1.70. The summed E-state index contributed by atoms with van der Waals surface area (Å²) in [7, 11) is 1.56. The van der Waals surface area contributed by atoms with Gasteiger partial charge in [-0.2, -0.15) is 0 Å². The molecule has 0 aromatic heterocycles. The average Bonchev–Trinajstić information content (AvgIpc) is 3.10. The smallest absolute Gasteiger partial charge is 0.304 e. The molecule has 2 N–H and O–H groups in total. The fourth-order valence-corrected chi connectivity index (χ4v) is 4.12. The second-order valence-corrected chi connectivity index (χ2v) is 8.56. The molecular weight excluding hydrogens is 461 g/mol. The highest BCUT2D eigenvalue weighted by Crippen LogP contribution is 2.27. The van der Waals surface area contributed by atoms with Gasteiger partial charge < -0.3 is 10.1 Å². The summed E-state index contributed by atoms with van der Waals surface area (Å²) < 4.78 is 6.81. The number of nitrogens with zero attached hydrogens (tertiary/aromatic N) is 1. The standard InChI is InChI=1S/C25H21Cl2N3O3/c1-15-3-5-16(6-4-15)23-22(28-24(31)17-8-11-20(33-2)12-9-17)25(32)29-30(23)14-18-7-10-19(26)13-21(18)27/h3-14,22-23H,1-2H3,(H-,28,29,31,32)/p+1/b30-14-/t22-,23+/m0/s1. The molecule has 0 bridgehead atoms. The second kappa shape index (κ2) is 9.65. The van der Waals surface area contributed by atoms with E-state index in [0.717, 1.165) is 11.1 Å². The van der Waals surface area contributed by atoms with E-state index >= 15 is 0 Å². The Hall–Kier alpha value is -3.35. The van der Waals surface area contributed by atoms with E-state index in [1.807, 2.05) is 31.2 Å². The number of nitrogens with one attached hydrogen (secondary N) is 2. The lowest BCUT2D eigenvalue weighted by Crippen LogP contribution is -2.42. The zero-order valence-corrected chi connectivity index (χ0v) is 19.5. The molecule has 1 saturated heterocycles. The van der Waals surface area contributed by atoms with Crippen molar-refractivity contribution in [2.75, 3.05) is 7.11 Å². The summed E-state index contributed by atoms with van der Waals surface area (Å²) in [5.74, 6) is -0.0478. The molecule has 3 aromatic rings. The van der Waals surface area contributed by atoms with Gasteiger partial charge in [-0.1, -0.05) is 53.0 Å². The van der Waals surface area contributed by atoms with Crippen molar-refractivity contribution in [1.29, 1.82) is 0 Å². The molecule has 1 fully saturated rings. The third-order valence-electron chi connectivity index (χ3n) is 5.44. The Bertz CT molecular complexity index is 1220. The molecule has 1 heterocycles. The summed E-state index contributed by atoms with van der Waals surface area (Å²) in [5.41, 5.74) is 5.90. The molecule has 2 atom stereocenters. The highest BCUT2D eigenvalue weighted by molar-refractivity contribution is 6.36. The molecule has 168 valence electrons. The summed E-state index contributed by atoms with van der Waals surface area (Å²) in [6, 6.07) is 18.3. The molecule has 8 heteroatoms. The Kier molecular flexibility index (Phi) is 6.67. The number of halogens is 2. The van der Waals surface area contributed by atoms with Crippen molar-refractivity contribution in [3.05, 3.63) is 99.0 Å². The van der Waals surface area contributed by atoms with Crippen LogP contribution < -0.4 is 15.5 Å². The van der Waals surface area contributed by atoms with Gasteiger partial charge in [0.2, 0.25) is 12.3 Å². The minimum absolute atomic E-state index is 0.330. The van der Waals surface area contributed by atoms with Crippen LogP contribution in [0.15, 0.2) is 66.7 Å². The van der Waals surface area contributed by atoms with E-state index in [1.54, 1.807) is 60.5 Å². The lowest BCUT2D eigenvalue weighted by molar-refractivity contribution is -0.596. The molecule has 0 aliphatic carbocycles. The highest BCUT2D eigenvalue weighted by atomic mass is 35.5. The van der Waals surface area contributed by atoms with Crippen molar-refractivity contribution in [2.24, 2.45) is 0 Å². The molecule has 0 saturated carbocycles. The van der Waals surface area contributed by atoms with Gasteiger partial charge in [0.25, 0.3) is 5.91 Å². The first-order valence-corrected chi connectivity index (χ1v) is 11.0. The summed E-state index contributed by atoms with van der Waals surface area (Å²) in [6.07, 6.45) is 1.74. The van der Waals surface area contributed by atoms with E-state index in [-0.39, 0.29) is 11.8 Å². The number of hydrazone groups is 1. The Morgan fingerprint density at radius 2 is 1.76 bits per heavy atom. The topological polar surface area (TPSA) is 70.4 Å². The number of amides is 2. The SMILES string of the molecule is COc1ccc(C(=O)N[C@@H]2C(=O)N/[N+](=C\c3ccc(Cl)cc3Cl)[C@@H]2c2ccc(C)cc2)cc1. The van der Waals surface area contributed by atoms with Gasteiger partial charge in [0.15, 0.2) is 6.04 Å². The molecule has 1 aliphatic heterocycles. The summed E-state index contributed by atoms with van der Waals surface area (Å²) in [6.45, 7) is 1.99. The summed E-state index contributed by atoms with van der Waals surface area (Å²) in [4.78, 5) is 25.9. The van der Waals surface area contributed by atoms with Crippen LogP contribution in [0.2, 0.25) is 10.0 Å². The maximum atomic E-state index is 13.0. The average molecular weight is 483 g/mol. The number of ether oxygens (including phenoxy) is 1. The van der Waals surface area contributed by atoms with Gasteiger partial charge in [-0.25, -0.2) is 0 Å². The number of hydrazine groups is 1. The molecule has 0 radical (unpaired) electrons. The van der Waals surface area contributed by atoms with Crippen LogP contribution in [0.4, 0.5) is 0 Å². The maximum Gasteiger partial charge on any atom is 0.304 e. The minimum atomic E-state index is -0.829. The van der Waals surface area contributed by atoms with E-state index in [2.05, 4.69) is 10.7 Å². The number of benzene rings is 3. The zero-order chi connectivity index (χ0) is 23.5. The number of hydrogen-bond acceptors (Lipinski definition) is 3. The van der Waals surface area contributed by atoms with Crippen molar-refractivity contribution < 1.29 is 19.0 Å². The predicted octanol–water partition coefficient (Wildman–Crippen LogP) is 4.33. The van der Waals surface area contributed by atoms with E-state index in [1.165, 1.54) is 0 Å². The number of carbonyl (C=O) groups is 2. The lowest BCUT2D eigenvalue weighted by atomic mass is 9.98. The molecule has 4 rings (SSSR count). The molecule has 2 amide bonds. The van der Waals surface area contributed by atoms with Crippen LogP contribution in [0.3, 0.4) is 0 Å². The molecule has 33 heavy (non-hydrogen) atoms. The van der Waals surface area contributed by atoms with Crippen LogP contribution in [-0.4, -0.2) is 35.9 Å². The zero-order valence-electron chi connectivity index (χ0n) is 18.0. The summed E-state index contributed by atoms with van der Waals surface area (Å²) in [5, 5.41) is 3.84. The number of hydrogen-bond donors (Lipinski definition) is 2. The second-order valence-electron chi connectivity index (χ2n) is 7.71. The maximum absolute atomic E-state index is 13.0. The molecule has 3 aromatic carbocycles. The van der Waals surface area contributed by atoms with Gasteiger partial charge in [-0.3, -0.25) is 9.59 Å². The fourth-order valence-electron chi connectivity index (χ4n) is 3.67. The Morgan fingerprint density at radius 3 is 2.39 bits per heavy atom. The van der Waals surface area contributed by atoms with E-state index < -0.39 is 12.1 Å². The monoisotopic (exact) mass is 482 g/mol. The quantitative estimate of drug-likeness (QED) is 0.531. The lowest BCUT2D eigenvalue weighted by Gasteiger charge is -2.15. The Morgan fingerprint density at radius 1 is 1.06 bits per heavy atom. The predicted molar refractivity (Wildman–Crippen MR) is 128 cm³/mol.